The summed E-state index contributed by atoms with van der Waals surface area (Å²) in [5.74, 6) is 1.62. The van der Waals surface area contributed by atoms with Gasteiger partial charge in [-0.05, 0) is 37.6 Å². The third kappa shape index (κ3) is 1.80. The van der Waals surface area contributed by atoms with Crippen molar-refractivity contribution in [1.82, 2.24) is 0 Å². The molecular weight excluding hydrogens is 140 g/mol. The van der Waals surface area contributed by atoms with E-state index in [1.165, 1.54) is 6.08 Å². The van der Waals surface area contributed by atoms with Crippen molar-refractivity contribution >= 4 is 11.9 Å². The third-order valence-electron chi connectivity index (χ3n) is 1.45. The van der Waals surface area contributed by atoms with Gasteiger partial charge in [0.25, 0.3) is 0 Å². The Morgan fingerprint density at radius 3 is 2.73 bits per heavy atom. The molecule has 2 heteroatoms. The van der Waals surface area contributed by atoms with Crippen molar-refractivity contribution in [2.24, 2.45) is 0 Å². The minimum Gasteiger partial charge on any atom is -0.462 e. The molecule has 1 aromatic rings. The number of hydrogen-bond acceptors (Lipinski definition) is 2. The zero-order valence-electron chi connectivity index (χ0n) is 6.63. The lowest BCUT2D eigenvalue weighted by Crippen LogP contribution is -1.73. The first-order chi connectivity index (χ1) is 5.24. The fourth-order valence-corrected chi connectivity index (χ4v) is 0.831. The maximum atomic E-state index is 10.1. The first-order valence-electron chi connectivity index (χ1n) is 3.43. The summed E-state index contributed by atoms with van der Waals surface area (Å²) in [4.78, 5) is 10.1. The number of carbonyl (C=O) groups is 1. The second-order valence-corrected chi connectivity index (χ2v) is 2.40. The number of furan rings is 1. The van der Waals surface area contributed by atoms with Gasteiger partial charge in [0, 0.05) is 0 Å². The minimum absolute atomic E-state index is 0.757. The van der Waals surface area contributed by atoms with Crippen molar-refractivity contribution < 1.29 is 9.21 Å². The molecule has 0 aromatic carbocycles. The summed E-state index contributed by atoms with van der Waals surface area (Å²) in [6.07, 6.45) is 2.24. The Balaban J connectivity index is 2.93. The molecule has 0 saturated carbocycles. The maximum absolute atomic E-state index is 10.1. The van der Waals surface area contributed by atoms with Gasteiger partial charge in [0.2, 0.25) is 0 Å². The molecule has 0 unspecified atom stereocenters. The fraction of sp³-hybridized carbons (Fsp3) is 0.222. The highest BCUT2D eigenvalue weighted by Gasteiger charge is 1.98. The van der Waals surface area contributed by atoms with E-state index in [2.05, 4.69) is 0 Å². The molecule has 0 radical (unpaired) electrons. The van der Waals surface area contributed by atoms with E-state index in [0.717, 1.165) is 23.4 Å². The van der Waals surface area contributed by atoms with Gasteiger partial charge in [0.05, 0.1) is 0 Å². The van der Waals surface area contributed by atoms with E-state index < -0.39 is 0 Å². The van der Waals surface area contributed by atoms with Gasteiger partial charge in [-0.2, -0.15) is 0 Å². The summed E-state index contributed by atoms with van der Waals surface area (Å²) in [6, 6.07) is 3.72. The van der Waals surface area contributed by atoms with Crippen LogP contribution in [0, 0.1) is 6.92 Å². The summed E-state index contributed by atoms with van der Waals surface area (Å²) in [6.45, 7) is 3.71. The van der Waals surface area contributed by atoms with E-state index in [-0.39, 0.29) is 0 Å². The first-order valence-corrected chi connectivity index (χ1v) is 3.43. The van der Waals surface area contributed by atoms with Crippen molar-refractivity contribution in [3.63, 3.8) is 0 Å². The molecule has 2 nitrogen and oxygen atoms in total. The molecule has 0 saturated heterocycles. The molecule has 0 bridgehead atoms. The van der Waals surface area contributed by atoms with Crippen LogP contribution in [0.2, 0.25) is 0 Å². The Labute approximate surface area is 65.5 Å². The summed E-state index contributed by atoms with van der Waals surface area (Å²) < 4.78 is 5.27. The lowest BCUT2D eigenvalue weighted by molar-refractivity contribution is -0.104. The Morgan fingerprint density at radius 1 is 1.55 bits per heavy atom. The second-order valence-electron chi connectivity index (χ2n) is 2.40. The Bertz CT molecular complexity index is 282. The van der Waals surface area contributed by atoms with Gasteiger partial charge < -0.3 is 4.42 Å². The van der Waals surface area contributed by atoms with Crippen LogP contribution in [-0.2, 0) is 4.79 Å². The number of aryl methyl sites for hydroxylation is 1. The SMILES string of the molecule is C/C(=C\C=O)c1ccc(C)o1. The highest BCUT2D eigenvalue weighted by molar-refractivity contribution is 5.79. The van der Waals surface area contributed by atoms with Crippen LogP contribution in [0.15, 0.2) is 22.6 Å². The number of hydrogen-bond donors (Lipinski definition) is 0. The Morgan fingerprint density at radius 2 is 2.27 bits per heavy atom. The molecule has 1 heterocycles. The fourth-order valence-electron chi connectivity index (χ4n) is 0.831. The number of aldehydes is 1. The number of allylic oxidation sites excluding steroid dienone is 2. The van der Waals surface area contributed by atoms with Crippen molar-refractivity contribution in [2.75, 3.05) is 0 Å². The first kappa shape index (κ1) is 7.79. The monoisotopic (exact) mass is 150 g/mol. The maximum Gasteiger partial charge on any atom is 0.143 e. The summed E-state index contributed by atoms with van der Waals surface area (Å²) in [7, 11) is 0. The molecular formula is C9H10O2. The summed E-state index contributed by atoms with van der Waals surface area (Å²) in [5, 5.41) is 0. The number of carbonyl (C=O) groups excluding carboxylic acids is 1. The summed E-state index contributed by atoms with van der Waals surface area (Å²) in [5.41, 5.74) is 0.855. The van der Waals surface area contributed by atoms with Gasteiger partial charge in [-0.1, -0.05) is 0 Å². The van der Waals surface area contributed by atoms with Crippen LogP contribution in [0.5, 0.6) is 0 Å². The van der Waals surface area contributed by atoms with Gasteiger partial charge in [0.15, 0.2) is 0 Å². The standard InChI is InChI=1S/C9H10O2/c1-7(5-6-10)9-4-3-8(2)11-9/h3-6H,1-2H3/b7-5+. The van der Waals surface area contributed by atoms with Crippen molar-refractivity contribution in [1.29, 1.82) is 0 Å². The van der Waals surface area contributed by atoms with Gasteiger partial charge in [-0.25, -0.2) is 0 Å². The van der Waals surface area contributed by atoms with Gasteiger partial charge in [-0.3, -0.25) is 4.79 Å². The molecule has 0 amide bonds. The molecule has 0 aliphatic rings. The van der Waals surface area contributed by atoms with E-state index >= 15 is 0 Å². The van der Waals surface area contributed by atoms with E-state index in [9.17, 15) is 4.79 Å². The molecule has 11 heavy (non-hydrogen) atoms. The van der Waals surface area contributed by atoms with Gasteiger partial charge in [-0.15, -0.1) is 0 Å². The predicted molar refractivity (Wildman–Crippen MR) is 43.2 cm³/mol. The van der Waals surface area contributed by atoms with E-state index in [1.54, 1.807) is 0 Å². The quantitative estimate of drug-likeness (QED) is 0.478. The van der Waals surface area contributed by atoms with Crippen LogP contribution in [-0.4, -0.2) is 6.29 Å². The van der Waals surface area contributed by atoms with Gasteiger partial charge >= 0.3 is 0 Å². The Kier molecular flexibility index (Phi) is 2.26. The molecule has 58 valence electrons. The molecule has 0 N–H and O–H groups in total. The number of rotatable bonds is 2. The van der Waals surface area contributed by atoms with Crippen LogP contribution in [0.3, 0.4) is 0 Å². The zero-order valence-corrected chi connectivity index (χ0v) is 6.63. The van der Waals surface area contributed by atoms with Gasteiger partial charge in [0.1, 0.15) is 17.8 Å². The Hall–Kier alpha value is -1.31. The van der Waals surface area contributed by atoms with E-state index in [4.69, 9.17) is 4.42 Å². The molecule has 0 aliphatic heterocycles. The molecule has 0 atom stereocenters. The highest BCUT2D eigenvalue weighted by Crippen LogP contribution is 2.15. The van der Waals surface area contributed by atoms with Crippen molar-refractivity contribution in [2.45, 2.75) is 13.8 Å². The lowest BCUT2D eigenvalue weighted by Gasteiger charge is -1.91. The predicted octanol–water partition coefficient (Wildman–Crippen LogP) is 2.19. The van der Waals surface area contributed by atoms with Crippen LogP contribution in [0.25, 0.3) is 5.57 Å². The lowest BCUT2D eigenvalue weighted by atomic mass is 10.2. The van der Waals surface area contributed by atoms with Crippen molar-refractivity contribution in [3.05, 3.63) is 29.7 Å². The molecule has 1 rings (SSSR count). The van der Waals surface area contributed by atoms with E-state index in [1.807, 2.05) is 26.0 Å². The molecule has 0 aliphatic carbocycles. The normalized spacial score (nSPS) is 11.6. The van der Waals surface area contributed by atoms with Crippen LogP contribution >= 0.6 is 0 Å². The average Bonchev–Trinajstić information content (AvgIpc) is 2.36. The second kappa shape index (κ2) is 3.19. The topological polar surface area (TPSA) is 30.2 Å². The largest absolute Gasteiger partial charge is 0.462 e. The summed E-state index contributed by atoms with van der Waals surface area (Å²) >= 11 is 0. The molecule has 0 fully saturated rings. The van der Waals surface area contributed by atoms with Crippen molar-refractivity contribution in [3.8, 4) is 0 Å². The van der Waals surface area contributed by atoms with Crippen LogP contribution in [0.4, 0.5) is 0 Å². The smallest absolute Gasteiger partial charge is 0.143 e. The highest BCUT2D eigenvalue weighted by atomic mass is 16.3. The van der Waals surface area contributed by atoms with Crippen LogP contribution < -0.4 is 0 Å². The molecule has 1 aromatic heterocycles. The third-order valence-corrected chi connectivity index (χ3v) is 1.45. The van der Waals surface area contributed by atoms with E-state index in [0.29, 0.717) is 0 Å². The zero-order chi connectivity index (χ0) is 8.27. The average molecular weight is 150 g/mol. The minimum atomic E-state index is 0.757. The van der Waals surface area contributed by atoms with Crippen LogP contribution in [0.1, 0.15) is 18.4 Å². The molecule has 0 spiro atoms.